The molecule has 1 aromatic heterocycles. The number of aromatic nitrogens is 1. The average Bonchev–Trinajstić information content (AvgIpc) is 2.66. The Hall–Kier alpha value is -2.40. The number of hydrogen-bond acceptors (Lipinski definition) is 4. The van der Waals surface area contributed by atoms with Crippen molar-refractivity contribution >= 4 is 5.91 Å². The van der Waals surface area contributed by atoms with Gasteiger partial charge in [0, 0.05) is 18.3 Å². The zero-order chi connectivity index (χ0) is 23.4. The molecular weight excluding hydrogens is 386 g/mol. The van der Waals surface area contributed by atoms with Crippen molar-refractivity contribution in [3.05, 3.63) is 58.9 Å². The Morgan fingerprint density at radius 1 is 1.03 bits per heavy atom. The summed E-state index contributed by atoms with van der Waals surface area (Å²) in [5.41, 5.74) is 3.52. The van der Waals surface area contributed by atoms with Crippen LogP contribution in [0.5, 0.6) is 5.75 Å². The molecule has 0 bridgehead atoms. The molecule has 1 atom stereocenters. The summed E-state index contributed by atoms with van der Waals surface area (Å²) in [6.45, 7) is 17.7. The Morgan fingerprint density at radius 2 is 1.71 bits per heavy atom. The van der Waals surface area contributed by atoms with Crippen LogP contribution < -0.4 is 10.6 Å². The van der Waals surface area contributed by atoms with E-state index in [1.165, 1.54) is 5.56 Å². The molecule has 1 unspecified atom stereocenters. The van der Waals surface area contributed by atoms with E-state index in [1.54, 1.807) is 6.20 Å². The van der Waals surface area contributed by atoms with Crippen molar-refractivity contribution in [1.29, 1.82) is 0 Å². The van der Waals surface area contributed by atoms with Crippen LogP contribution in [0, 0.1) is 5.92 Å². The lowest BCUT2D eigenvalue weighted by molar-refractivity contribution is -0.124. The van der Waals surface area contributed by atoms with Crippen LogP contribution in [0.25, 0.3) is 0 Å². The minimum Gasteiger partial charge on any atom is -0.507 e. The number of phenolic OH excluding ortho intramolecular Hbond substituents is 1. The highest BCUT2D eigenvalue weighted by atomic mass is 16.3. The summed E-state index contributed by atoms with van der Waals surface area (Å²) >= 11 is 0. The standard InChI is InChI=1S/C26H39N3O2/c1-17(2)22(24(31)29-16-20-11-9-10-12-27-20)28-15-18-13-19(25(3,4)5)14-21(23(18)30)26(6,7)8/h9-14,17,22,28,30H,15-16H2,1-8H3,(H,29,31). The van der Waals surface area contributed by atoms with E-state index in [-0.39, 0.29) is 28.7 Å². The van der Waals surface area contributed by atoms with Gasteiger partial charge in [-0.05, 0) is 40.0 Å². The van der Waals surface area contributed by atoms with Crippen LogP contribution in [0.3, 0.4) is 0 Å². The van der Waals surface area contributed by atoms with E-state index in [1.807, 2.05) is 32.0 Å². The van der Waals surface area contributed by atoms with E-state index in [0.717, 1.165) is 16.8 Å². The predicted octanol–water partition coefficient (Wildman–Crippen LogP) is 4.81. The van der Waals surface area contributed by atoms with Crippen molar-refractivity contribution in [2.45, 2.75) is 85.4 Å². The summed E-state index contributed by atoms with van der Waals surface area (Å²) in [5, 5.41) is 17.4. The van der Waals surface area contributed by atoms with Crippen LogP contribution >= 0.6 is 0 Å². The van der Waals surface area contributed by atoms with Crippen LogP contribution in [0.15, 0.2) is 36.5 Å². The molecule has 1 aromatic carbocycles. The summed E-state index contributed by atoms with van der Waals surface area (Å²) in [4.78, 5) is 17.1. The predicted molar refractivity (Wildman–Crippen MR) is 127 cm³/mol. The summed E-state index contributed by atoms with van der Waals surface area (Å²) < 4.78 is 0. The third-order valence-electron chi connectivity index (χ3n) is 5.49. The molecule has 1 heterocycles. The van der Waals surface area contributed by atoms with Gasteiger partial charge >= 0.3 is 0 Å². The molecule has 0 saturated carbocycles. The molecule has 0 radical (unpaired) electrons. The second-order valence-electron chi connectivity index (χ2n) is 10.7. The number of benzene rings is 1. The zero-order valence-electron chi connectivity index (χ0n) is 20.3. The minimum atomic E-state index is -0.375. The maximum absolute atomic E-state index is 12.9. The van der Waals surface area contributed by atoms with Crippen LogP contribution in [0.2, 0.25) is 0 Å². The first-order chi connectivity index (χ1) is 14.3. The highest BCUT2D eigenvalue weighted by Crippen LogP contribution is 2.37. The second kappa shape index (κ2) is 9.82. The monoisotopic (exact) mass is 425 g/mol. The van der Waals surface area contributed by atoms with E-state index in [9.17, 15) is 9.90 Å². The number of carbonyl (C=O) groups is 1. The smallest absolute Gasteiger partial charge is 0.237 e. The number of carbonyl (C=O) groups excluding carboxylic acids is 1. The van der Waals surface area contributed by atoms with Crippen molar-refractivity contribution in [2.75, 3.05) is 0 Å². The second-order valence-corrected chi connectivity index (χ2v) is 10.7. The number of pyridine rings is 1. The topological polar surface area (TPSA) is 74.2 Å². The van der Waals surface area contributed by atoms with Gasteiger partial charge < -0.3 is 15.7 Å². The fourth-order valence-corrected chi connectivity index (χ4v) is 3.48. The fourth-order valence-electron chi connectivity index (χ4n) is 3.48. The number of hydrogen-bond donors (Lipinski definition) is 3. The molecule has 0 saturated heterocycles. The Morgan fingerprint density at radius 3 is 2.23 bits per heavy atom. The van der Waals surface area contributed by atoms with Gasteiger partial charge in [0.05, 0.1) is 18.3 Å². The third kappa shape index (κ3) is 6.79. The van der Waals surface area contributed by atoms with Crippen molar-refractivity contribution in [3.63, 3.8) is 0 Å². The van der Waals surface area contributed by atoms with Gasteiger partial charge in [0.1, 0.15) is 5.75 Å². The number of rotatable bonds is 7. The minimum absolute atomic E-state index is 0.0417. The Balaban J connectivity index is 2.22. The molecule has 1 amide bonds. The molecule has 170 valence electrons. The van der Waals surface area contributed by atoms with Crippen molar-refractivity contribution in [3.8, 4) is 5.75 Å². The molecule has 2 aromatic rings. The van der Waals surface area contributed by atoms with Crippen LogP contribution in [-0.4, -0.2) is 22.0 Å². The SMILES string of the molecule is CC(C)C(NCc1cc(C(C)(C)C)cc(C(C)(C)C)c1O)C(=O)NCc1ccccn1. The Kier molecular flexibility index (Phi) is 7.87. The van der Waals surface area contributed by atoms with Crippen LogP contribution in [0.4, 0.5) is 0 Å². The lowest BCUT2D eigenvalue weighted by Gasteiger charge is -2.28. The van der Waals surface area contributed by atoms with Crippen molar-refractivity contribution in [1.82, 2.24) is 15.6 Å². The molecule has 0 spiro atoms. The summed E-state index contributed by atoms with van der Waals surface area (Å²) in [6, 6.07) is 9.44. The summed E-state index contributed by atoms with van der Waals surface area (Å²) in [7, 11) is 0. The van der Waals surface area contributed by atoms with Gasteiger partial charge in [-0.15, -0.1) is 0 Å². The van der Waals surface area contributed by atoms with Crippen LogP contribution in [-0.2, 0) is 28.7 Å². The fraction of sp³-hybridized carbons (Fsp3) is 0.538. The van der Waals surface area contributed by atoms with E-state index in [2.05, 4.69) is 69.3 Å². The number of aromatic hydroxyl groups is 1. The largest absolute Gasteiger partial charge is 0.507 e. The lowest BCUT2D eigenvalue weighted by Crippen LogP contribution is -2.47. The first-order valence-corrected chi connectivity index (χ1v) is 11.1. The van der Waals surface area contributed by atoms with E-state index in [4.69, 9.17) is 0 Å². The van der Waals surface area contributed by atoms with Gasteiger partial charge in [-0.1, -0.05) is 73.6 Å². The van der Waals surface area contributed by atoms with Crippen molar-refractivity contribution in [2.24, 2.45) is 5.92 Å². The Labute approximate surface area is 187 Å². The van der Waals surface area contributed by atoms with Crippen molar-refractivity contribution < 1.29 is 9.90 Å². The highest BCUT2D eigenvalue weighted by Gasteiger charge is 2.26. The molecule has 5 heteroatoms. The molecule has 0 aliphatic heterocycles. The molecule has 5 nitrogen and oxygen atoms in total. The van der Waals surface area contributed by atoms with Gasteiger partial charge in [-0.2, -0.15) is 0 Å². The van der Waals surface area contributed by atoms with Gasteiger partial charge in [0.15, 0.2) is 0 Å². The summed E-state index contributed by atoms with van der Waals surface area (Å²) in [5.74, 6) is 0.339. The third-order valence-corrected chi connectivity index (χ3v) is 5.49. The van der Waals surface area contributed by atoms with E-state index < -0.39 is 0 Å². The van der Waals surface area contributed by atoms with Gasteiger partial charge in [-0.3, -0.25) is 9.78 Å². The Bertz CT molecular complexity index is 878. The molecule has 0 aliphatic rings. The number of nitrogens with one attached hydrogen (secondary N) is 2. The van der Waals surface area contributed by atoms with Gasteiger partial charge in [0.25, 0.3) is 0 Å². The van der Waals surface area contributed by atoms with Crippen LogP contribution in [0.1, 0.15) is 77.8 Å². The van der Waals surface area contributed by atoms with E-state index in [0.29, 0.717) is 18.8 Å². The highest BCUT2D eigenvalue weighted by molar-refractivity contribution is 5.82. The van der Waals surface area contributed by atoms with Gasteiger partial charge in [-0.25, -0.2) is 0 Å². The maximum Gasteiger partial charge on any atom is 0.237 e. The maximum atomic E-state index is 12.9. The molecule has 2 rings (SSSR count). The first kappa shape index (κ1) is 24.9. The molecule has 3 N–H and O–H groups in total. The molecule has 31 heavy (non-hydrogen) atoms. The number of nitrogens with zero attached hydrogens (tertiary/aromatic N) is 1. The number of phenols is 1. The average molecular weight is 426 g/mol. The first-order valence-electron chi connectivity index (χ1n) is 11.1. The normalized spacial score (nSPS) is 13.3. The van der Waals surface area contributed by atoms with Gasteiger partial charge in [0.2, 0.25) is 5.91 Å². The lowest BCUT2D eigenvalue weighted by atomic mass is 9.79. The number of amides is 1. The molecule has 0 fully saturated rings. The molecule has 0 aliphatic carbocycles. The summed E-state index contributed by atoms with van der Waals surface area (Å²) in [6.07, 6.45) is 1.72. The van der Waals surface area contributed by atoms with E-state index >= 15 is 0 Å². The quantitative estimate of drug-likeness (QED) is 0.595. The molecular formula is C26H39N3O2. The zero-order valence-corrected chi connectivity index (χ0v) is 20.3.